The SMILES string of the molecule is CC1CN(Cc2ccc(C(=O)NCCN3CCNCC3)cc2)CC(C)O1. The summed E-state index contributed by atoms with van der Waals surface area (Å²) in [4.78, 5) is 17.1. The molecule has 6 heteroatoms. The van der Waals surface area contributed by atoms with Gasteiger partial charge in [0.2, 0.25) is 0 Å². The lowest BCUT2D eigenvalue weighted by Crippen LogP contribution is -2.46. The van der Waals surface area contributed by atoms with Gasteiger partial charge in [0.25, 0.3) is 5.91 Å². The quantitative estimate of drug-likeness (QED) is 0.791. The van der Waals surface area contributed by atoms with Crippen LogP contribution < -0.4 is 10.6 Å². The number of hydrogen-bond acceptors (Lipinski definition) is 5. The number of ether oxygens (including phenoxy) is 1. The van der Waals surface area contributed by atoms with E-state index in [4.69, 9.17) is 4.74 Å². The molecule has 2 heterocycles. The Morgan fingerprint density at radius 3 is 2.42 bits per heavy atom. The molecule has 0 spiro atoms. The second-order valence-corrected chi connectivity index (χ2v) is 7.50. The molecule has 2 N–H and O–H groups in total. The van der Waals surface area contributed by atoms with Gasteiger partial charge in [0.1, 0.15) is 0 Å². The van der Waals surface area contributed by atoms with E-state index in [0.29, 0.717) is 6.54 Å². The first-order valence-electron chi connectivity index (χ1n) is 9.78. The van der Waals surface area contributed by atoms with Crippen molar-refractivity contribution in [1.82, 2.24) is 20.4 Å². The number of amides is 1. The van der Waals surface area contributed by atoms with Crippen molar-refractivity contribution in [2.24, 2.45) is 0 Å². The zero-order chi connectivity index (χ0) is 18.4. The largest absolute Gasteiger partial charge is 0.373 e. The summed E-state index contributed by atoms with van der Waals surface area (Å²) in [6, 6.07) is 8.00. The van der Waals surface area contributed by atoms with Crippen LogP contribution in [0.4, 0.5) is 0 Å². The molecular formula is C20H32N4O2. The van der Waals surface area contributed by atoms with Crippen LogP contribution in [0.2, 0.25) is 0 Å². The van der Waals surface area contributed by atoms with Crippen LogP contribution in [0.25, 0.3) is 0 Å². The number of piperazine rings is 1. The molecule has 2 aliphatic rings. The van der Waals surface area contributed by atoms with Gasteiger partial charge >= 0.3 is 0 Å². The molecule has 26 heavy (non-hydrogen) atoms. The van der Waals surface area contributed by atoms with Gasteiger partial charge in [0, 0.05) is 64.5 Å². The van der Waals surface area contributed by atoms with Gasteiger partial charge < -0.3 is 15.4 Å². The predicted molar refractivity (Wildman–Crippen MR) is 103 cm³/mol. The minimum Gasteiger partial charge on any atom is -0.373 e. The smallest absolute Gasteiger partial charge is 0.251 e. The molecule has 6 nitrogen and oxygen atoms in total. The van der Waals surface area contributed by atoms with Gasteiger partial charge in [-0.3, -0.25) is 14.6 Å². The van der Waals surface area contributed by atoms with Gasteiger partial charge in [-0.25, -0.2) is 0 Å². The van der Waals surface area contributed by atoms with E-state index in [9.17, 15) is 4.79 Å². The highest BCUT2D eigenvalue weighted by Crippen LogP contribution is 2.14. The van der Waals surface area contributed by atoms with E-state index < -0.39 is 0 Å². The molecule has 0 radical (unpaired) electrons. The topological polar surface area (TPSA) is 56.8 Å². The molecule has 1 aromatic rings. The highest BCUT2D eigenvalue weighted by Gasteiger charge is 2.22. The summed E-state index contributed by atoms with van der Waals surface area (Å²) >= 11 is 0. The van der Waals surface area contributed by atoms with Gasteiger partial charge in [-0.15, -0.1) is 0 Å². The minimum atomic E-state index is 0.0142. The van der Waals surface area contributed by atoms with Crippen molar-refractivity contribution in [2.75, 3.05) is 52.4 Å². The molecule has 2 aliphatic heterocycles. The van der Waals surface area contributed by atoms with Crippen molar-refractivity contribution in [2.45, 2.75) is 32.6 Å². The lowest BCUT2D eigenvalue weighted by Gasteiger charge is -2.35. The Morgan fingerprint density at radius 1 is 1.12 bits per heavy atom. The summed E-state index contributed by atoms with van der Waals surface area (Å²) in [5.74, 6) is 0.0142. The Bertz CT molecular complexity index is 562. The van der Waals surface area contributed by atoms with Crippen molar-refractivity contribution < 1.29 is 9.53 Å². The van der Waals surface area contributed by atoms with Crippen LogP contribution in [0, 0.1) is 0 Å². The zero-order valence-corrected chi connectivity index (χ0v) is 16.0. The van der Waals surface area contributed by atoms with Crippen molar-refractivity contribution >= 4 is 5.91 Å². The maximum Gasteiger partial charge on any atom is 0.251 e. The van der Waals surface area contributed by atoms with Crippen LogP contribution in [-0.4, -0.2) is 80.3 Å². The van der Waals surface area contributed by atoms with Gasteiger partial charge in [0.05, 0.1) is 12.2 Å². The molecule has 0 aromatic heterocycles. The lowest BCUT2D eigenvalue weighted by molar-refractivity contribution is -0.0704. The molecule has 2 unspecified atom stereocenters. The van der Waals surface area contributed by atoms with Crippen molar-refractivity contribution in [3.8, 4) is 0 Å². The maximum absolute atomic E-state index is 12.3. The molecule has 144 valence electrons. The average Bonchev–Trinajstić information content (AvgIpc) is 2.62. The number of morpholine rings is 1. The average molecular weight is 361 g/mol. The number of hydrogen-bond donors (Lipinski definition) is 2. The molecule has 0 aliphatic carbocycles. The van der Waals surface area contributed by atoms with Crippen LogP contribution in [0.5, 0.6) is 0 Å². The van der Waals surface area contributed by atoms with E-state index in [1.807, 2.05) is 12.1 Å². The van der Waals surface area contributed by atoms with Gasteiger partial charge in [-0.1, -0.05) is 12.1 Å². The number of carbonyl (C=O) groups is 1. The third-order valence-electron chi connectivity index (χ3n) is 5.04. The fraction of sp³-hybridized carbons (Fsp3) is 0.650. The number of nitrogens with one attached hydrogen (secondary N) is 2. The Morgan fingerprint density at radius 2 is 1.77 bits per heavy atom. The second-order valence-electron chi connectivity index (χ2n) is 7.50. The van der Waals surface area contributed by atoms with E-state index in [1.165, 1.54) is 5.56 Å². The van der Waals surface area contributed by atoms with Crippen LogP contribution in [0.3, 0.4) is 0 Å². The van der Waals surface area contributed by atoms with Crippen LogP contribution >= 0.6 is 0 Å². The van der Waals surface area contributed by atoms with E-state index >= 15 is 0 Å². The monoisotopic (exact) mass is 360 g/mol. The summed E-state index contributed by atoms with van der Waals surface area (Å²) in [6.07, 6.45) is 0.555. The second kappa shape index (κ2) is 9.46. The number of carbonyl (C=O) groups excluding carboxylic acids is 1. The van der Waals surface area contributed by atoms with Gasteiger partial charge in [-0.2, -0.15) is 0 Å². The number of rotatable bonds is 6. The van der Waals surface area contributed by atoms with Crippen molar-refractivity contribution in [3.63, 3.8) is 0 Å². The van der Waals surface area contributed by atoms with Crippen molar-refractivity contribution in [1.29, 1.82) is 0 Å². The minimum absolute atomic E-state index is 0.0142. The normalized spacial score (nSPS) is 25.2. The Balaban J connectivity index is 1.43. The third kappa shape index (κ3) is 5.77. The van der Waals surface area contributed by atoms with Crippen LogP contribution in [0.15, 0.2) is 24.3 Å². The first kappa shape index (κ1) is 19.3. The van der Waals surface area contributed by atoms with Gasteiger partial charge in [-0.05, 0) is 31.5 Å². The van der Waals surface area contributed by atoms with Gasteiger partial charge in [0.15, 0.2) is 0 Å². The standard InChI is InChI=1S/C20H32N4O2/c1-16-13-24(14-17(2)26-16)15-18-3-5-19(6-4-18)20(25)22-9-12-23-10-7-21-8-11-23/h3-6,16-17,21H,7-15H2,1-2H3,(H,22,25). The van der Waals surface area contributed by atoms with Crippen molar-refractivity contribution in [3.05, 3.63) is 35.4 Å². The molecule has 0 saturated carbocycles. The predicted octanol–water partition coefficient (Wildman–Crippen LogP) is 0.931. The number of nitrogens with zero attached hydrogens (tertiary/aromatic N) is 2. The Kier molecular flexibility index (Phi) is 7.02. The summed E-state index contributed by atoms with van der Waals surface area (Å²) < 4.78 is 5.78. The molecule has 2 fully saturated rings. The molecule has 3 rings (SSSR count). The highest BCUT2D eigenvalue weighted by molar-refractivity contribution is 5.94. The molecular weight excluding hydrogens is 328 g/mol. The molecule has 1 aromatic carbocycles. The maximum atomic E-state index is 12.3. The first-order chi connectivity index (χ1) is 12.6. The molecule has 1 amide bonds. The Labute approximate surface area is 156 Å². The fourth-order valence-electron chi connectivity index (χ4n) is 3.80. The van der Waals surface area contributed by atoms with Crippen LogP contribution in [0.1, 0.15) is 29.8 Å². The molecule has 2 saturated heterocycles. The zero-order valence-electron chi connectivity index (χ0n) is 16.0. The summed E-state index contributed by atoms with van der Waals surface area (Å²) in [7, 11) is 0. The van der Waals surface area contributed by atoms with E-state index in [1.54, 1.807) is 0 Å². The molecule has 0 bridgehead atoms. The summed E-state index contributed by atoms with van der Waals surface area (Å²) in [6.45, 7) is 12.9. The third-order valence-corrected chi connectivity index (χ3v) is 5.04. The highest BCUT2D eigenvalue weighted by atomic mass is 16.5. The van der Waals surface area contributed by atoms with E-state index in [0.717, 1.165) is 57.9 Å². The molecule has 2 atom stereocenters. The fourth-order valence-corrected chi connectivity index (χ4v) is 3.80. The Hall–Kier alpha value is -1.47. The van der Waals surface area contributed by atoms with E-state index in [2.05, 4.69) is 46.4 Å². The first-order valence-corrected chi connectivity index (χ1v) is 9.78. The lowest BCUT2D eigenvalue weighted by atomic mass is 10.1. The number of benzene rings is 1. The summed E-state index contributed by atoms with van der Waals surface area (Å²) in [5, 5.41) is 6.37. The van der Waals surface area contributed by atoms with Crippen LogP contribution in [-0.2, 0) is 11.3 Å². The summed E-state index contributed by atoms with van der Waals surface area (Å²) in [5.41, 5.74) is 1.97. The van der Waals surface area contributed by atoms with E-state index in [-0.39, 0.29) is 18.1 Å².